The zero-order valence-corrected chi connectivity index (χ0v) is 10.2. The molecule has 1 heterocycles. The summed E-state index contributed by atoms with van der Waals surface area (Å²) in [4.78, 5) is 13.6. The molecule has 0 fully saturated rings. The third-order valence-corrected chi connectivity index (χ3v) is 3.09. The molecule has 4 nitrogen and oxygen atoms in total. The predicted octanol–water partition coefficient (Wildman–Crippen LogP) is 0.644. The number of hydrogen-bond acceptors (Lipinski definition) is 3. The Bertz CT molecular complexity index is 417. The van der Waals surface area contributed by atoms with E-state index < -0.39 is 0 Å². The quantitative estimate of drug-likeness (QED) is 0.802. The first-order valence-corrected chi connectivity index (χ1v) is 6.03. The molecule has 1 aromatic carbocycles. The van der Waals surface area contributed by atoms with Crippen molar-refractivity contribution in [1.82, 2.24) is 5.32 Å². The Morgan fingerprint density at radius 1 is 1.41 bits per heavy atom. The molecule has 0 radical (unpaired) electrons. The van der Waals surface area contributed by atoms with Gasteiger partial charge < -0.3 is 11.1 Å². The molecule has 0 saturated heterocycles. The van der Waals surface area contributed by atoms with Gasteiger partial charge in [-0.25, -0.2) is 0 Å². The van der Waals surface area contributed by atoms with E-state index in [9.17, 15) is 4.79 Å². The topological polar surface area (TPSA) is 58.4 Å². The van der Waals surface area contributed by atoms with Gasteiger partial charge in [0.1, 0.15) is 0 Å². The van der Waals surface area contributed by atoms with E-state index >= 15 is 0 Å². The molecule has 17 heavy (non-hydrogen) atoms. The number of nitrogens with two attached hydrogens (primary N) is 1. The predicted molar refractivity (Wildman–Crippen MR) is 68.9 cm³/mol. The van der Waals surface area contributed by atoms with Gasteiger partial charge >= 0.3 is 0 Å². The second kappa shape index (κ2) is 5.29. The first-order valence-electron chi connectivity index (χ1n) is 6.03. The van der Waals surface area contributed by atoms with Crippen LogP contribution in [0.25, 0.3) is 0 Å². The normalized spacial score (nSPS) is 14.9. The lowest BCUT2D eigenvalue weighted by molar-refractivity contribution is -0.119. The van der Waals surface area contributed by atoms with Crippen LogP contribution in [0, 0.1) is 0 Å². The Balaban J connectivity index is 2.30. The number of carbonyl (C=O) groups is 1. The second-order valence-corrected chi connectivity index (χ2v) is 4.34. The van der Waals surface area contributed by atoms with Crippen LogP contribution in [-0.4, -0.2) is 26.2 Å². The zero-order chi connectivity index (χ0) is 12.3. The first kappa shape index (κ1) is 12.1. The Kier molecular flexibility index (Phi) is 3.76. The molecule has 0 atom stereocenters. The highest BCUT2D eigenvalue weighted by atomic mass is 16.2. The highest BCUT2D eigenvalue weighted by Gasteiger charge is 2.23. The van der Waals surface area contributed by atoms with Crippen molar-refractivity contribution in [3.8, 4) is 0 Å². The SMILES string of the molecule is CNCN1C(=O)CCc2cc(CCN)ccc21. The van der Waals surface area contributed by atoms with Crippen molar-refractivity contribution in [3.05, 3.63) is 29.3 Å². The van der Waals surface area contributed by atoms with E-state index in [1.54, 1.807) is 0 Å². The monoisotopic (exact) mass is 233 g/mol. The number of aryl methyl sites for hydroxylation is 1. The second-order valence-electron chi connectivity index (χ2n) is 4.34. The average molecular weight is 233 g/mol. The van der Waals surface area contributed by atoms with Crippen LogP contribution in [0.5, 0.6) is 0 Å². The first-order chi connectivity index (χ1) is 8.26. The summed E-state index contributed by atoms with van der Waals surface area (Å²) in [6.45, 7) is 1.24. The number of nitrogens with one attached hydrogen (secondary N) is 1. The number of benzene rings is 1. The van der Waals surface area contributed by atoms with E-state index in [-0.39, 0.29) is 5.91 Å². The largest absolute Gasteiger partial charge is 0.330 e. The maximum Gasteiger partial charge on any atom is 0.228 e. The summed E-state index contributed by atoms with van der Waals surface area (Å²) in [5.41, 5.74) is 9.11. The summed E-state index contributed by atoms with van der Waals surface area (Å²) in [7, 11) is 1.85. The van der Waals surface area contributed by atoms with E-state index in [0.29, 0.717) is 19.6 Å². The Hall–Kier alpha value is -1.39. The summed E-state index contributed by atoms with van der Waals surface area (Å²) < 4.78 is 0. The molecule has 1 aliphatic heterocycles. The molecule has 4 heteroatoms. The molecular weight excluding hydrogens is 214 g/mol. The lowest BCUT2D eigenvalue weighted by atomic mass is 9.98. The Morgan fingerprint density at radius 3 is 2.94 bits per heavy atom. The van der Waals surface area contributed by atoms with Crippen molar-refractivity contribution < 1.29 is 4.79 Å². The van der Waals surface area contributed by atoms with Gasteiger partial charge in [0, 0.05) is 12.1 Å². The number of carbonyl (C=O) groups excluding carboxylic acids is 1. The van der Waals surface area contributed by atoms with Crippen LogP contribution in [0.3, 0.4) is 0 Å². The molecule has 1 amide bonds. The minimum Gasteiger partial charge on any atom is -0.330 e. The van der Waals surface area contributed by atoms with Gasteiger partial charge in [-0.05, 0) is 43.6 Å². The highest BCUT2D eigenvalue weighted by Crippen LogP contribution is 2.28. The van der Waals surface area contributed by atoms with Crippen molar-refractivity contribution in [2.75, 3.05) is 25.2 Å². The number of anilines is 1. The van der Waals surface area contributed by atoms with Gasteiger partial charge in [-0.3, -0.25) is 9.69 Å². The Labute approximate surface area is 102 Å². The van der Waals surface area contributed by atoms with Gasteiger partial charge in [-0.2, -0.15) is 0 Å². The highest BCUT2D eigenvalue weighted by molar-refractivity contribution is 5.96. The number of hydrogen-bond donors (Lipinski definition) is 2. The van der Waals surface area contributed by atoms with Crippen LogP contribution in [0.1, 0.15) is 17.5 Å². The molecule has 0 aromatic heterocycles. The van der Waals surface area contributed by atoms with Gasteiger partial charge in [0.2, 0.25) is 5.91 Å². The van der Waals surface area contributed by atoms with Gasteiger partial charge in [0.25, 0.3) is 0 Å². The molecule has 0 bridgehead atoms. The van der Waals surface area contributed by atoms with Crippen LogP contribution in [0.4, 0.5) is 5.69 Å². The maximum absolute atomic E-state index is 11.8. The zero-order valence-electron chi connectivity index (χ0n) is 10.2. The summed E-state index contributed by atoms with van der Waals surface area (Å²) in [5, 5.41) is 3.03. The fourth-order valence-corrected chi connectivity index (χ4v) is 2.27. The molecule has 0 spiro atoms. The van der Waals surface area contributed by atoms with Gasteiger partial charge in [0.05, 0.1) is 6.67 Å². The standard InChI is InChI=1S/C13H19N3O/c1-15-9-16-12-4-2-10(6-7-14)8-11(12)3-5-13(16)17/h2,4,8,15H,3,5-7,9,14H2,1H3. The molecular formula is C13H19N3O. The third-order valence-electron chi connectivity index (χ3n) is 3.09. The van der Waals surface area contributed by atoms with E-state index in [1.807, 2.05) is 18.0 Å². The maximum atomic E-state index is 11.8. The van der Waals surface area contributed by atoms with E-state index in [1.165, 1.54) is 11.1 Å². The van der Waals surface area contributed by atoms with Gasteiger partial charge in [-0.15, -0.1) is 0 Å². The molecule has 0 saturated carbocycles. The van der Waals surface area contributed by atoms with E-state index in [0.717, 1.165) is 18.5 Å². The number of rotatable bonds is 4. The number of nitrogens with zero attached hydrogens (tertiary/aromatic N) is 1. The van der Waals surface area contributed by atoms with Gasteiger partial charge in [-0.1, -0.05) is 12.1 Å². The van der Waals surface area contributed by atoms with Crippen LogP contribution >= 0.6 is 0 Å². The van der Waals surface area contributed by atoms with Crippen molar-refractivity contribution in [2.45, 2.75) is 19.3 Å². The fourth-order valence-electron chi connectivity index (χ4n) is 2.27. The summed E-state index contributed by atoms with van der Waals surface area (Å²) >= 11 is 0. The van der Waals surface area contributed by atoms with Crippen LogP contribution in [0.15, 0.2) is 18.2 Å². The molecule has 0 unspecified atom stereocenters. The molecule has 92 valence electrons. The number of fused-ring (bicyclic) bond motifs is 1. The van der Waals surface area contributed by atoms with Crippen molar-refractivity contribution in [1.29, 1.82) is 0 Å². The minimum absolute atomic E-state index is 0.193. The van der Waals surface area contributed by atoms with Crippen molar-refractivity contribution >= 4 is 11.6 Å². The smallest absolute Gasteiger partial charge is 0.228 e. The average Bonchev–Trinajstić information content (AvgIpc) is 2.33. The molecule has 0 aliphatic carbocycles. The third kappa shape index (κ3) is 2.48. The summed E-state index contributed by atoms with van der Waals surface area (Å²) in [6, 6.07) is 6.28. The molecule has 3 N–H and O–H groups in total. The minimum atomic E-state index is 0.193. The van der Waals surface area contributed by atoms with Crippen LogP contribution in [-0.2, 0) is 17.6 Å². The fraction of sp³-hybridized carbons (Fsp3) is 0.462. The lowest BCUT2D eigenvalue weighted by Gasteiger charge is -2.29. The van der Waals surface area contributed by atoms with Gasteiger partial charge in [0.15, 0.2) is 0 Å². The molecule has 1 aromatic rings. The van der Waals surface area contributed by atoms with E-state index in [4.69, 9.17) is 5.73 Å². The van der Waals surface area contributed by atoms with E-state index in [2.05, 4.69) is 17.4 Å². The van der Waals surface area contributed by atoms with Crippen LogP contribution in [0.2, 0.25) is 0 Å². The lowest BCUT2D eigenvalue weighted by Crippen LogP contribution is -2.40. The van der Waals surface area contributed by atoms with Crippen LogP contribution < -0.4 is 16.0 Å². The van der Waals surface area contributed by atoms with Crippen molar-refractivity contribution in [3.63, 3.8) is 0 Å². The Morgan fingerprint density at radius 2 is 2.24 bits per heavy atom. The number of amides is 1. The molecule has 2 rings (SSSR count). The molecule has 1 aliphatic rings. The summed E-state index contributed by atoms with van der Waals surface area (Å²) in [5.74, 6) is 0.193. The van der Waals surface area contributed by atoms with Crippen molar-refractivity contribution in [2.24, 2.45) is 5.73 Å². The summed E-state index contributed by atoms with van der Waals surface area (Å²) in [6.07, 6.45) is 2.33.